The van der Waals surface area contributed by atoms with Crippen LogP contribution in [0.4, 0.5) is 0 Å². The number of rotatable bonds is 2. The first-order valence-electron chi connectivity index (χ1n) is 4.47. The molecule has 1 unspecified atom stereocenters. The van der Waals surface area contributed by atoms with Gasteiger partial charge in [0.05, 0.1) is 0 Å². The average molecular weight is 150 g/mol. The molecule has 1 aliphatic carbocycles. The first-order valence-corrected chi connectivity index (χ1v) is 4.47. The summed E-state index contributed by atoms with van der Waals surface area (Å²) in [6.07, 6.45) is 4.08. The molecular formula is C9H14N2. The largest absolute Gasteiger partial charge is 0.317 e. The van der Waals surface area contributed by atoms with Gasteiger partial charge in [0.15, 0.2) is 0 Å². The van der Waals surface area contributed by atoms with Gasteiger partial charge in [-0.3, -0.25) is 4.90 Å². The highest BCUT2D eigenvalue weighted by atomic mass is 15.2. The average Bonchev–Trinajstić information content (AvgIpc) is 2.75. The lowest BCUT2D eigenvalue weighted by atomic mass is 10.1. The highest BCUT2D eigenvalue weighted by molar-refractivity contribution is 4.91. The standard InChI is InChI=1S/C9H14N2/c1-10-6-8-4-5-11(7-8)9-2-3-9/h8-9H,2-7H2. The fourth-order valence-corrected chi connectivity index (χ4v) is 1.91. The second-order valence-corrected chi connectivity index (χ2v) is 3.72. The summed E-state index contributed by atoms with van der Waals surface area (Å²) in [6, 6.07) is 0.908. The fourth-order valence-electron chi connectivity index (χ4n) is 1.91. The Kier molecular flexibility index (Phi) is 1.83. The molecule has 0 aromatic carbocycles. The first kappa shape index (κ1) is 7.12. The minimum atomic E-state index is 0.688. The molecule has 1 atom stereocenters. The molecule has 0 aromatic rings. The van der Waals surface area contributed by atoms with E-state index in [4.69, 9.17) is 6.57 Å². The lowest BCUT2D eigenvalue weighted by molar-refractivity contribution is 0.317. The van der Waals surface area contributed by atoms with Crippen LogP contribution in [0.15, 0.2) is 0 Å². The zero-order chi connectivity index (χ0) is 7.68. The molecule has 2 rings (SSSR count). The lowest BCUT2D eigenvalue weighted by Gasteiger charge is -2.12. The number of nitrogens with zero attached hydrogens (tertiary/aromatic N) is 2. The SMILES string of the molecule is [C-]#[N+]CC1CCN(C2CC2)C1. The molecule has 2 aliphatic rings. The monoisotopic (exact) mass is 150 g/mol. The van der Waals surface area contributed by atoms with E-state index >= 15 is 0 Å². The summed E-state index contributed by atoms with van der Waals surface area (Å²) >= 11 is 0. The van der Waals surface area contributed by atoms with Crippen LogP contribution < -0.4 is 0 Å². The van der Waals surface area contributed by atoms with Crippen LogP contribution in [0, 0.1) is 12.5 Å². The van der Waals surface area contributed by atoms with Gasteiger partial charge in [-0.2, -0.15) is 0 Å². The lowest BCUT2D eigenvalue weighted by Crippen LogP contribution is -2.23. The van der Waals surface area contributed by atoms with Crippen molar-refractivity contribution in [3.05, 3.63) is 11.4 Å². The molecule has 1 aliphatic heterocycles. The predicted molar refractivity (Wildman–Crippen MR) is 44.2 cm³/mol. The van der Waals surface area contributed by atoms with Crippen molar-refractivity contribution >= 4 is 0 Å². The van der Waals surface area contributed by atoms with Crippen LogP contribution in [0.5, 0.6) is 0 Å². The molecule has 1 saturated heterocycles. The Morgan fingerprint density at radius 1 is 1.36 bits per heavy atom. The van der Waals surface area contributed by atoms with Gasteiger partial charge in [-0.25, -0.2) is 6.57 Å². The minimum absolute atomic E-state index is 0.688. The van der Waals surface area contributed by atoms with Gasteiger partial charge in [-0.1, -0.05) is 0 Å². The number of hydrogen-bond donors (Lipinski definition) is 0. The molecule has 2 nitrogen and oxygen atoms in total. The Hall–Kier alpha value is -0.550. The second kappa shape index (κ2) is 2.83. The van der Waals surface area contributed by atoms with Crippen molar-refractivity contribution in [1.29, 1.82) is 0 Å². The van der Waals surface area contributed by atoms with E-state index in [9.17, 15) is 0 Å². The highest BCUT2D eigenvalue weighted by Gasteiger charge is 2.35. The first-order chi connectivity index (χ1) is 5.40. The molecule has 0 bridgehead atoms. The highest BCUT2D eigenvalue weighted by Crippen LogP contribution is 2.31. The third kappa shape index (κ3) is 1.54. The van der Waals surface area contributed by atoms with Gasteiger partial charge >= 0.3 is 0 Å². The fraction of sp³-hybridized carbons (Fsp3) is 0.889. The molecule has 1 saturated carbocycles. The summed E-state index contributed by atoms with van der Waals surface area (Å²) in [4.78, 5) is 6.02. The van der Waals surface area contributed by atoms with E-state index in [0.29, 0.717) is 5.92 Å². The van der Waals surface area contributed by atoms with Crippen LogP contribution in [0.3, 0.4) is 0 Å². The van der Waals surface area contributed by atoms with E-state index in [1.54, 1.807) is 0 Å². The van der Waals surface area contributed by atoms with Gasteiger partial charge in [0.1, 0.15) is 0 Å². The predicted octanol–water partition coefficient (Wildman–Crippen LogP) is 1.39. The maximum atomic E-state index is 6.76. The minimum Gasteiger partial charge on any atom is -0.317 e. The van der Waals surface area contributed by atoms with Crippen LogP contribution in [0.2, 0.25) is 0 Å². The van der Waals surface area contributed by atoms with Crippen molar-refractivity contribution < 1.29 is 0 Å². The van der Waals surface area contributed by atoms with Crippen LogP contribution in [-0.4, -0.2) is 30.6 Å². The Morgan fingerprint density at radius 3 is 2.82 bits per heavy atom. The molecule has 60 valence electrons. The summed E-state index contributed by atoms with van der Waals surface area (Å²) in [5, 5.41) is 0. The maximum absolute atomic E-state index is 6.76. The summed E-state index contributed by atoms with van der Waals surface area (Å²) in [6.45, 7) is 9.97. The van der Waals surface area contributed by atoms with Gasteiger partial charge in [-0.15, -0.1) is 0 Å². The second-order valence-electron chi connectivity index (χ2n) is 3.72. The van der Waals surface area contributed by atoms with E-state index < -0.39 is 0 Å². The van der Waals surface area contributed by atoms with Gasteiger partial charge in [0, 0.05) is 18.5 Å². The van der Waals surface area contributed by atoms with Crippen molar-refractivity contribution in [3.63, 3.8) is 0 Å². The van der Waals surface area contributed by atoms with Gasteiger partial charge in [0.25, 0.3) is 0 Å². The Balaban J connectivity index is 1.79. The molecule has 1 heterocycles. The molecule has 0 aromatic heterocycles. The van der Waals surface area contributed by atoms with E-state index in [1.807, 2.05) is 0 Å². The van der Waals surface area contributed by atoms with Crippen molar-refractivity contribution in [3.8, 4) is 0 Å². The van der Waals surface area contributed by atoms with Crippen LogP contribution in [0.25, 0.3) is 4.85 Å². The van der Waals surface area contributed by atoms with E-state index in [2.05, 4.69) is 9.74 Å². The quantitative estimate of drug-likeness (QED) is 0.540. The van der Waals surface area contributed by atoms with E-state index in [1.165, 1.54) is 32.4 Å². The van der Waals surface area contributed by atoms with E-state index in [-0.39, 0.29) is 0 Å². The smallest absolute Gasteiger partial charge is 0.218 e. The number of likely N-dealkylation sites (tertiary alicyclic amines) is 1. The molecule has 0 spiro atoms. The zero-order valence-corrected chi connectivity index (χ0v) is 6.79. The Bertz CT molecular complexity index is 178. The maximum Gasteiger partial charge on any atom is 0.218 e. The Labute approximate surface area is 68.0 Å². The molecule has 0 amide bonds. The third-order valence-corrected chi connectivity index (χ3v) is 2.73. The number of hydrogen-bond acceptors (Lipinski definition) is 1. The van der Waals surface area contributed by atoms with Crippen LogP contribution >= 0.6 is 0 Å². The van der Waals surface area contributed by atoms with Crippen LogP contribution in [-0.2, 0) is 0 Å². The van der Waals surface area contributed by atoms with Crippen molar-refractivity contribution in [1.82, 2.24) is 4.90 Å². The van der Waals surface area contributed by atoms with Gasteiger partial charge in [0.2, 0.25) is 6.54 Å². The van der Waals surface area contributed by atoms with Gasteiger partial charge < -0.3 is 4.85 Å². The van der Waals surface area contributed by atoms with E-state index in [0.717, 1.165) is 12.6 Å². The zero-order valence-electron chi connectivity index (χ0n) is 6.79. The summed E-state index contributed by atoms with van der Waals surface area (Å²) in [5.74, 6) is 0.688. The summed E-state index contributed by atoms with van der Waals surface area (Å²) in [5.41, 5.74) is 0. The molecule has 11 heavy (non-hydrogen) atoms. The Morgan fingerprint density at radius 2 is 2.18 bits per heavy atom. The molecular weight excluding hydrogens is 136 g/mol. The van der Waals surface area contributed by atoms with Crippen LogP contribution in [0.1, 0.15) is 19.3 Å². The molecule has 0 N–H and O–H groups in total. The van der Waals surface area contributed by atoms with Crippen molar-refractivity contribution in [2.75, 3.05) is 19.6 Å². The normalized spacial score (nSPS) is 32.1. The molecule has 2 fully saturated rings. The van der Waals surface area contributed by atoms with Crippen molar-refractivity contribution in [2.24, 2.45) is 5.92 Å². The summed E-state index contributed by atoms with van der Waals surface area (Å²) < 4.78 is 0. The topological polar surface area (TPSA) is 7.60 Å². The molecule has 2 heteroatoms. The van der Waals surface area contributed by atoms with Crippen molar-refractivity contribution in [2.45, 2.75) is 25.3 Å². The summed E-state index contributed by atoms with van der Waals surface area (Å²) in [7, 11) is 0. The van der Waals surface area contributed by atoms with Gasteiger partial charge in [-0.05, 0) is 25.8 Å². The third-order valence-electron chi connectivity index (χ3n) is 2.73. The molecule has 0 radical (unpaired) electrons.